The van der Waals surface area contributed by atoms with E-state index in [-0.39, 0.29) is 11.4 Å². The van der Waals surface area contributed by atoms with E-state index < -0.39 is 0 Å². The number of rotatable bonds is 6. The monoisotopic (exact) mass is 279 g/mol. The van der Waals surface area contributed by atoms with Gasteiger partial charge in [-0.3, -0.25) is 0 Å². The lowest BCUT2D eigenvalue weighted by molar-refractivity contribution is 0.0682. The van der Waals surface area contributed by atoms with Crippen LogP contribution in [0.1, 0.15) is 24.8 Å². The molecule has 1 aliphatic rings. The van der Waals surface area contributed by atoms with Crippen molar-refractivity contribution < 1.29 is 4.39 Å². The highest BCUT2D eigenvalue weighted by Crippen LogP contribution is 2.38. The standard InChI is InChI=1S/C16H26FN3/c1-19(2)16(9-5-10-16)12-20(3)15-13(8-11-18)6-4-7-14(15)17/h4,6-7H,5,8-12,18H2,1-3H3. The van der Waals surface area contributed by atoms with Gasteiger partial charge in [0.15, 0.2) is 0 Å². The first-order valence-corrected chi connectivity index (χ1v) is 7.36. The van der Waals surface area contributed by atoms with E-state index in [0.29, 0.717) is 18.7 Å². The topological polar surface area (TPSA) is 32.5 Å². The number of hydrogen-bond donors (Lipinski definition) is 1. The summed E-state index contributed by atoms with van der Waals surface area (Å²) in [7, 11) is 6.23. The predicted octanol–water partition coefficient (Wildman–Crippen LogP) is 2.25. The van der Waals surface area contributed by atoms with Crippen LogP contribution in [0.15, 0.2) is 18.2 Å². The van der Waals surface area contributed by atoms with Crippen LogP contribution in [0.5, 0.6) is 0 Å². The highest BCUT2D eigenvalue weighted by atomic mass is 19.1. The van der Waals surface area contributed by atoms with E-state index in [4.69, 9.17) is 5.73 Å². The first kappa shape index (κ1) is 15.3. The SMILES string of the molecule is CN(CC1(N(C)C)CCC1)c1c(F)cccc1CCN. The Morgan fingerprint density at radius 1 is 1.25 bits per heavy atom. The second-order valence-electron chi connectivity index (χ2n) is 6.11. The molecule has 2 N–H and O–H groups in total. The molecule has 0 aliphatic heterocycles. The van der Waals surface area contributed by atoms with Crippen LogP contribution in [0.2, 0.25) is 0 Å². The Morgan fingerprint density at radius 2 is 1.95 bits per heavy atom. The summed E-state index contributed by atoms with van der Waals surface area (Å²) < 4.78 is 14.2. The molecule has 1 aromatic carbocycles. The van der Waals surface area contributed by atoms with Gasteiger partial charge in [0.05, 0.1) is 5.69 Å². The van der Waals surface area contributed by atoms with E-state index in [1.54, 1.807) is 6.07 Å². The molecular weight excluding hydrogens is 253 g/mol. The highest BCUT2D eigenvalue weighted by Gasteiger charge is 2.40. The summed E-state index contributed by atoms with van der Waals surface area (Å²) in [5.41, 5.74) is 7.55. The van der Waals surface area contributed by atoms with Crippen LogP contribution in [-0.4, -0.2) is 44.7 Å². The molecule has 2 rings (SSSR count). The van der Waals surface area contributed by atoms with Crippen molar-refractivity contribution in [3.05, 3.63) is 29.6 Å². The number of likely N-dealkylation sites (N-methyl/N-ethyl adjacent to an activating group) is 2. The van der Waals surface area contributed by atoms with Gasteiger partial charge < -0.3 is 15.5 Å². The van der Waals surface area contributed by atoms with Gasteiger partial charge in [0, 0.05) is 19.1 Å². The molecule has 20 heavy (non-hydrogen) atoms. The Kier molecular flexibility index (Phi) is 4.66. The fourth-order valence-electron chi connectivity index (χ4n) is 3.20. The molecule has 0 radical (unpaired) electrons. The van der Waals surface area contributed by atoms with E-state index in [9.17, 15) is 4.39 Å². The van der Waals surface area contributed by atoms with E-state index in [1.807, 2.05) is 13.1 Å². The van der Waals surface area contributed by atoms with Crippen molar-refractivity contribution in [2.75, 3.05) is 39.1 Å². The maximum Gasteiger partial charge on any atom is 0.146 e. The number of anilines is 1. The van der Waals surface area contributed by atoms with Gasteiger partial charge in [0.2, 0.25) is 0 Å². The summed E-state index contributed by atoms with van der Waals surface area (Å²) in [6.45, 7) is 1.40. The first-order valence-electron chi connectivity index (χ1n) is 7.36. The van der Waals surface area contributed by atoms with Gasteiger partial charge in [-0.05, 0) is 58.0 Å². The fourth-order valence-corrected chi connectivity index (χ4v) is 3.20. The van der Waals surface area contributed by atoms with Crippen LogP contribution in [0, 0.1) is 5.82 Å². The number of hydrogen-bond acceptors (Lipinski definition) is 3. The lowest BCUT2D eigenvalue weighted by atomic mass is 9.75. The Balaban J connectivity index is 2.22. The molecule has 0 saturated heterocycles. The molecule has 1 aliphatic carbocycles. The van der Waals surface area contributed by atoms with Gasteiger partial charge in [0.1, 0.15) is 5.82 Å². The molecule has 0 unspecified atom stereocenters. The van der Waals surface area contributed by atoms with Crippen LogP contribution >= 0.6 is 0 Å². The molecule has 1 fully saturated rings. The third-order valence-electron chi connectivity index (χ3n) is 4.63. The third-order valence-corrected chi connectivity index (χ3v) is 4.63. The minimum atomic E-state index is -0.147. The van der Waals surface area contributed by atoms with Crippen molar-refractivity contribution in [2.45, 2.75) is 31.2 Å². The second kappa shape index (κ2) is 6.10. The Labute approximate surface area is 121 Å². The van der Waals surface area contributed by atoms with Crippen molar-refractivity contribution in [3.8, 4) is 0 Å². The maximum absolute atomic E-state index is 14.2. The van der Waals surface area contributed by atoms with Crippen molar-refractivity contribution >= 4 is 5.69 Å². The van der Waals surface area contributed by atoms with Gasteiger partial charge in [-0.1, -0.05) is 12.1 Å². The normalized spacial score (nSPS) is 17.1. The quantitative estimate of drug-likeness (QED) is 0.867. The van der Waals surface area contributed by atoms with Crippen LogP contribution < -0.4 is 10.6 Å². The second-order valence-corrected chi connectivity index (χ2v) is 6.11. The average molecular weight is 279 g/mol. The largest absolute Gasteiger partial charge is 0.370 e. The summed E-state index contributed by atoms with van der Waals surface area (Å²) in [5.74, 6) is -0.147. The first-order chi connectivity index (χ1) is 9.50. The minimum Gasteiger partial charge on any atom is -0.370 e. The minimum absolute atomic E-state index is 0.147. The summed E-state index contributed by atoms with van der Waals surface area (Å²) >= 11 is 0. The van der Waals surface area contributed by atoms with E-state index in [2.05, 4.69) is 23.9 Å². The van der Waals surface area contributed by atoms with Gasteiger partial charge in [-0.25, -0.2) is 4.39 Å². The third kappa shape index (κ3) is 2.81. The molecule has 1 saturated carbocycles. The zero-order chi connectivity index (χ0) is 14.8. The van der Waals surface area contributed by atoms with E-state index >= 15 is 0 Å². The molecule has 0 bridgehead atoms. The predicted molar refractivity (Wildman–Crippen MR) is 82.7 cm³/mol. The summed E-state index contributed by atoms with van der Waals surface area (Å²) in [6.07, 6.45) is 4.35. The average Bonchev–Trinajstić information content (AvgIpc) is 2.33. The molecule has 0 aromatic heterocycles. The molecule has 0 amide bonds. The smallest absolute Gasteiger partial charge is 0.146 e. The molecular formula is C16H26FN3. The highest BCUT2D eigenvalue weighted by molar-refractivity contribution is 5.55. The van der Waals surface area contributed by atoms with E-state index in [0.717, 1.165) is 12.1 Å². The number of benzene rings is 1. The molecule has 3 nitrogen and oxygen atoms in total. The summed E-state index contributed by atoms with van der Waals surface area (Å²) in [5, 5.41) is 0. The van der Waals surface area contributed by atoms with Gasteiger partial charge in [-0.2, -0.15) is 0 Å². The zero-order valence-corrected chi connectivity index (χ0v) is 12.8. The Hall–Kier alpha value is -1.13. The number of halogens is 1. The fraction of sp³-hybridized carbons (Fsp3) is 0.625. The summed E-state index contributed by atoms with van der Waals surface area (Å²) in [6, 6.07) is 5.28. The Morgan fingerprint density at radius 3 is 2.45 bits per heavy atom. The number of nitrogens with zero attached hydrogens (tertiary/aromatic N) is 2. The Bertz CT molecular complexity index is 455. The number of nitrogens with two attached hydrogens (primary N) is 1. The van der Waals surface area contributed by atoms with Gasteiger partial charge in [-0.15, -0.1) is 0 Å². The maximum atomic E-state index is 14.2. The van der Waals surface area contributed by atoms with Crippen LogP contribution in [0.25, 0.3) is 0 Å². The van der Waals surface area contributed by atoms with Crippen LogP contribution in [-0.2, 0) is 6.42 Å². The summed E-state index contributed by atoms with van der Waals surface area (Å²) in [4.78, 5) is 4.36. The molecule has 112 valence electrons. The van der Waals surface area contributed by atoms with Crippen LogP contribution in [0.3, 0.4) is 0 Å². The van der Waals surface area contributed by atoms with Crippen molar-refractivity contribution in [1.82, 2.24) is 4.90 Å². The van der Waals surface area contributed by atoms with Crippen molar-refractivity contribution in [1.29, 1.82) is 0 Å². The number of para-hydroxylation sites is 1. The molecule has 0 spiro atoms. The lowest BCUT2D eigenvalue weighted by Gasteiger charge is -2.49. The van der Waals surface area contributed by atoms with Crippen molar-refractivity contribution in [3.63, 3.8) is 0 Å². The van der Waals surface area contributed by atoms with Crippen molar-refractivity contribution in [2.24, 2.45) is 5.73 Å². The van der Waals surface area contributed by atoms with Gasteiger partial charge in [0.25, 0.3) is 0 Å². The molecule has 0 heterocycles. The molecule has 1 aromatic rings. The zero-order valence-electron chi connectivity index (χ0n) is 12.8. The molecule has 4 heteroatoms. The lowest BCUT2D eigenvalue weighted by Crippen LogP contribution is -2.57. The molecule has 0 atom stereocenters. The van der Waals surface area contributed by atoms with Crippen LogP contribution in [0.4, 0.5) is 10.1 Å². The van der Waals surface area contributed by atoms with E-state index in [1.165, 1.54) is 25.3 Å². The van der Waals surface area contributed by atoms with Gasteiger partial charge >= 0.3 is 0 Å².